The quantitative estimate of drug-likeness (QED) is 0.754. The Bertz CT molecular complexity index is 454. The number of rotatable bonds is 4. The number of nitrogens with one attached hydrogen (secondary N) is 1. The molecule has 2 unspecified atom stereocenters. The molecule has 2 heterocycles. The molecule has 0 amide bonds. The maximum absolute atomic E-state index is 12.4. The summed E-state index contributed by atoms with van der Waals surface area (Å²) in [5.41, 5.74) is 0. The Morgan fingerprint density at radius 1 is 1.20 bits per heavy atom. The molecule has 0 aromatic carbocycles. The van der Waals surface area contributed by atoms with Gasteiger partial charge in [-0.15, -0.1) is 0 Å². The highest BCUT2D eigenvalue weighted by Gasteiger charge is 2.38. The van der Waals surface area contributed by atoms with E-state index in [1.54, 1.807) is 0 Å². The van der Waals surface area contributed by atoms with Crippen LogP contribution in [0, 0.1) is 0 Å². The normalized spacial score (nSPS) is 30.2. The number of piperidine rings is 2. The standard InChI is InChI=1S/C12H23N3O4S/c1-14-7-4-5-10(9-14)13-20(18,19)15-8-3-2-6-11(15)12(16)17/h10-11,13H,2-9H2,1H3,(H,16,17). The van der Waals surface area contributed by atoms with Crippen LogP contribution in [0.5, 0.6) is 0 Å². The highest BCUT2D eigenvalue weighted by molar-refractivity contribution is 7.87. The van der Waals surface area contributed by atoms with Crippen molar-refractivity contribution in [2.45, 2.75) is 44.2 Å². The molecule has 20 heavy (non-hydrogen) atoms. The Balaban J connectivity index is 2.06. The fourth-order valence-electron chi connectivity index (χ4n) is 2.98. The first kappa shape index (κ1) is 15.7. The lowest BCUT2D eigenvalue weighted by atomic mass is 10.1. The van der Waals surface area contributed by atoms with Gasteiger partial charge < -0.3 is 10.0 Å². The van der Waals surface area contributed by atoms with Crippen molar-refractivity contribution in [2.24, 2.45) is 0 Å². The van der Waals surface area contributed by atoms with Crippen molar-refractivity contribution in [2.75, 3.05) is 26.7 Å². The zero-order valence-electron chi connectivity index (χ0n) is 11.8. The summed E-state index contributed by atoms with van der Waals surface area (Å²) in [5.74, 6) is -1.06. The van der Waals surface area contributed by atoms with Crippen molar-refractivity contribution in [1.82, 2.24) is 13.9 Å². The summed E-state index contributed by atoms with van der Waals surface area (Å²) in [6, 6.07) is -1.06. The maximum Gasteiger partial charge on any atom is 0.322 e. The number of hydrogen-bond acceptors (Lipinski definition) is 4. The SMILES string of the molecule is CN1CCCC(NS(=O)(=O)N2CCCCC2C(=O)O)C1. The molecule has 2 aliphatic rings. The van der Waals surface area contributed by atoms with Gasteiger partial charge in [0, 0.05) is 19.1 Å². The molecule has 0 saturated carbocycles. The highest BCUT2D eigenvalue weighted by Crippen LogP contribution is 2.21. The minimum Gasteiger partial charge on any atom is -0.480 e. The van der Waals surface area contributed by atoms with E-state index >= 15 is 0 Å². The van der Waals surface area contributed by atoms with Crippen molar-refractivity contribution >= 4 is 16.2 Å². The zero-order chi connectivity index (χ0) is 14.8. The molecule has 2 atom stereocenters. The van der Waals surface area contributed by atoms with Crippen molar-refractivity contribution < 1.29 is 18.3 Å². The Labute approximate surface area is 120 Å². The summed E-state index contributed by atoms with van der Waals surface area (Å²) in [7, 11) is -1.77. The largest absolute Gasteiger partial charge is 0.480 e. The average molecular weight is 305 g/mol. The fourth-order valence-corrected chi connectivity index (χ4v) is 4.63. The smallest absolute Gasteiger partial charge is 0.322 e. The van der Waals surface area contributed by atoms with Gasteiger partial charge in [0.2, 0.25) is 0 Å². The monoisotopic (exact) mass is 305 g/mol. The van der Waals surface area contributed by atoms with E-state index in [1.165, 1.54) is 0 Å². The Morgan fingerprint density at radius 3 is 2.60 bits per heavy atom. The summed E-state index contributed by atoms with van der Waals surface area (Å²) in [5, 5.41) is 9.18. The second-order valence-corrected chi connectivity index (χ2v) is 7.34. The average Bonchev–Trinajstić information content (AvgIpc) is 2.38. The Morgan fingerprint density at radius 2 is 1.95 bits per heavy atom. The van der Waals surface area contributed by atoms with E-state index < -0.39 is 22.2 Å². The van der Waals surface area contributed by atoms with Crippen molar-refractivity contribution in [3.05, 3.63) is 0 Å². The number of likely N-dealkylation sites (tertiary alicyclic amines) is 1. The van der Waals surface area contributed by atoms with Gasteiger partial charge >= 0.3 is 5.97 Å². The maximum atomic E-state index is 12.4. The van der Waals surface area contributed by atoms with E-state index in [0.29, 0.717) is 13.0 Å². The lowest BCUT2D eigenvalue weighted by Gasteiger charge is -2.35. The lowest BCUT2D eigenvalue weighted by molar-refractivity contribution is -0.142. The van der Waals surface area contributed by atoms with Crippen LogP contribution >= 0.6 is 0 Å². The first-order valence-electron chi connectivity index (χ1n) is 7.10. The van der Waals surface area contributed by atoms with Crippen LogP contribution in [0.25, 0.3) is 0 Å². The summed E-state index contributed by atoms with van der Waals surface area (Å²) < 4.78 is 28.6. The molecule has 0 bridgehead atoms. The van der Waals surface area contributed by atoms with E-state index in [2.05, 4.69) is 9.62 Å². The predicted molar refractivity (Wildman–Crippen MR) is 74.6 cm³/mol. The van der Waals surface area contributed by atoms with E-state index in [0.717, 1.165) is 36.5 Å². The van der Waals surface area contributed by atoms with E-state index in [1.807, 2.05) is 7.05 Å². The molecular formula is C12H23N3O4S. The van der Waals surface area contributed by atoms with Gasteiger partial charge in [-0.2, -0.15) is 17.4 Å². The number of likely N-dealkylation sites (N-methyl/N-ethyl adjacent to an activating group) is 1. The Hall–Kier alpha value is -0.700. The number of carboxylic acids is 1. The van der Waals surface area contributed by atoms with Gasteiger partial charge in [0.1, 0.15) is 6.04 Å². The van der Waals surface area contributed by atoms with Crippen molar-refractivity contribution in [1.29, 1.82) is 0 Å². The summed E-state index contributed by atoms with van der Waals surface area (Å²) in [4.78, 5) is 13.3. The summed E-state index contributed by atoms with van der Waals surface area (Å²) in [6.07, 6.45) is 3.62. The van der Waals surface area contributed by atoms with Crippen molar-refractivity contribution in [3.8, 4) is 0 Å². The van der Waals surface area contributed by atoms with Crippen LogP contribution in [0.4, 0.5) is 0 Å². The number of hydrogen-bond donors (Lipinski definition) is 2. The third-order valence-electron chi connectivity index (χ3n) is 3.99. The van der Waals surface area contributed by atoms with Crippen LogP contribution in [-0.4, -0.2) is 67.5 Å². The third kappa shape index (κ3) is 3.69. The molecule has 2 N–H and O–H groups in total. The van der Waals surface area contributed by atoms with Crippen LogP contribution in [0.1, 0.15) is 32.1 Å². The van der Waals surface area contributed by atoms with E-state index in [-0.39, 0.29) is 12.6 Å². The zero-order valence-corrected chi connectivity index (χ0v) is 12.6. The molecule has 8 heteroatoms. The molecule has 2 aliphatic heterocycles. The molecular weight excluding hydrogens is 282 g/mol. The number of aliphatic carboxylic acids is 1. The molecule has 0 aliphatic carbocycles. The van der Waals surface area contributed by atoms with Crippen LogP contribution in [0.3, 0.4) is 0 Å². The summed E-state index contributed by atoms with van der Waals surface area (Å²) in [6.45, 7) is 1.93. The molecule has 2 rings (SSSR count). The van der Waals surface area contributed by atoms with Gasteiger partial charge in [-0.05, 0) is 45.7 Å². The first-order valence-corrected chi connectivity index (χ1v) is 8.54. The number of carboxylic acid groups (broad SMARTS) is 1. The topological polar surface area (TPSA) is 90.0 Å². The van der Waals surface area contributed by atoms with Crippen LogP contribution in [0.2, 0.25) is 0 Å². The van der Waals surface area contributed by atoms with Crippen LogP contribution in [0.15, 0.2) is 0 Å². The fraction of sp³-hybridized carbons (Fsp3) is 0.917. The van der Waals surface area contributed by atoms with Crippen LogP contribution < -0.4 is 4.72 Å². The minimum atomic E-state index is -3.72. The predicted octanol–water partition coefficient (Wildman–Crippen LogP) is -0.146. The van der Waals surface area contributed by atoms with Gasteiger partial charge in [-0.1, -0.05) is 0 Å². The second kappa shape index (κ2) is 6.38. The molecule has 0 aromatic rings. The number of nitrogens with zero attached hydrogens (tertiary/aromatic N) is 2. The van der Waals surface area contributed by atoms with Gasteiger partial charge in [0.15, 0.2) is 0 Å². The van der Waals surface area contributed by atoms with Gasteiger partial charge in [0.05, 0.1) is 0 Å². The highest BCUT2D eigenvalue weighted by atomic mass is 32.2. The Kier molecular flexibility index (Phi) is 5.00. The molecule has 7 nitrogen and oxygen atoms in total. The van der Waals surface area contributed by atoms with E-state index in [9.17, 15) is 18.3 Å². The summed E-state index contributed by atoms with van der Waals surface area (Å²) >= 11 is 0. The molecule has 116 valence electrons. The van der Waals surface area contributed by atoms with Crippen molar-refractivity contribution in [3.63, 3.8) is 0 Å². The first-order chi connectivity index (χ1) is 9.40. The lowest BCUT2D eigenvalue weighted by Crippen LogP contribution is -2.56. The van der Waals surface area contributed by atoms with Gasteiger partial charge in [-0.3, -0.25) is 4.79 Å². The third-order valence-corrected chi connectivity index (χ3v) is 5.67. The van der Waals surface area contributed by atoms with E-state index in [4.69, 9.17) is 0 Å². The van der Waals surface area contributed by atoms with Crippen LogP contribution in [-0.2, 0) is 15.0 Å². The number of carbonyl (C=O) groups is 1. The molecule has 0 aromatic heterocycles. The van der Waals surface area contributed by atoms with Gasteiger partial charge in [-0.25, -0.2) is 0 Å². The second-order valence-electron chi connectivity index (χ2n) is 5.68. The van der Waals surface area contributed by atoms with Gasteiger partial charge in [0.25, 0.3) is 10.2 Å². The molecule has 0 spiro atoms. The molecule has 2 fully saturated rings. The molecule has 0 radical (unpaired) electrons. The molecule has 2 saturated heterocycles. The minimum absolute atomic E-state index is 0.130.